The Morgan fingerprint density at radius 1 is 1.04 bits per heavy atom. The van der Waals surface area contributed by atoms with Gasteiger partial charge in [0.2, 0.25) is 5.13 Å². The van der Waals surface area contributed by atoms with Crippen molar-refractivity contribution in [1.82, 2.24) is 10.2 Å². The maximum absolute atomic E-state index is 12.4. The van der Waals surface area contributed by atoms with Crippen LogP contribution in [0, 0.1) is 6.92 Å². The lowest BCUT2D eigenvalue weighted by Gasteiger charge is -2.05. The van der Waals surface area contributed by atoms with E-state index in [1.54, 1.807) is 24.3 Å². The summed E-state index contributed by atoms with van der Waals surface area (Å²) in [7, 11) is -3.87. The molecule has 1 amide bonds. The molecule has 0 radical (unpaired) electrons. The van der Waals surface area contributed by atoms with Crippen LogP contribution in [0.5, 0.6) is 0 Å². The molecule has 2 aromatic carbocycles. The summed E-state index contributed by atoms with van der Waals surface area (Å²) in [5, 5.41) is 10.1. The summed E-state index contributed by atoms with van der Waals surface area (Å²) in [5.41, 5.74) is 3.03. The fraction of sp³-hybridized carbons (Fsp3) is 0.167. The number of rotatable bonds is 6. The van der Waals surface area contributed by atoms with Crippen molar-refractivity contribution in [2.75, 3.05) is 10.0 Å². The Morgan fingerprint density at radius 3 is 2.33 bits per heavy atom. The normalized spacial score (nSPS) is 11.2. The number of nitrogens with zero attached hydrogens (tertiary/aromatic N) is 2. The van der Waals surface area contributed by atoms with Gasteiger partial charge >= 0.3 is 0 Å². The zero-order valence-corrected chi connectivity index (χ0v) is 16.4. The SMILES string of the molecule is CCc1ccc(NS(=O)(=O)c2nnc(NC(=O)c3ccc(C)cc3)s2)cc1. The predicted molar refractivity (Wildman–Crippen MR) is 106 cm³/mol. The van der Waals surface area contributed by atoms with Crippen LogP contribution in [0.4, 0.5) is 10.8 Å². The summed E-state index contributed by atoms with van der Waals surface area (Å²) in [4.78, 5) is 12.2. The first-order valence-corrected chi connectivity index (χ1v) is 10.5. The first-order valence-electron chi connectivity index (χ1n) is 8.20. The van der Waals surface area contributed by atoms with Crippen LogP contribution in [0.3, 0.4) is 0 Å². The Morgan fingerprint density at radius 2 is 1.70 bits per heavy atom. The second-order valence-electron chi connectivity index (χ2n) is 5.85. The third kappa shape index (κ3) is 4.69. The summed E-state index contributed by atoms with van der Waals surface area (Å²) >= 11 is 0.788. The van der Waals surface area contributed by atoms with Crippen LogP contribution in [-0.2, 0) is 16.4 Å². The highest BCUT2D eigenvalue weighted by Crippen LogP contribution is 2.23. The van der Waals surface area contributed by atoms with Crippen molar-refractivity contribution in [3.63, 3.8) is 0 Å². The van der Waals surface area contributed by atoms with E-state index in [4.69, 9.17) is 0 Å². The summed E-state index contributed by atoms with van der Waals surface area (Å²) in [6, 6.07) is 14.1. The highest BCUT2D eigenvalue weighted by Gasteiger charge is 2.21. The average molecular weight is 403 g/mol. The molecule has 140 valence electrons. The van der Waals surface area contributed by atoms with Crippen LogP contribution in [0.1, 0.15) is 28.4 Å². The van der Waals surface area contributed by atoms with E-state index in [2.05, 4.69) is 20.2 Å². The smallest absolute Gasteiger partial charge is 0.291 e. The molecule has 9 heteroatoms. The molecule has 0 saturated carbocycles. The van der Waals surface area contributed by atoms with Crippen molar-refractivity contribution in [3.05, 3.63) is 65.2 Å². The third-order valence-electron chi connectivity index (χ3n) is 3.78. The van der Waals surface area contributed by atoms with Gasteiger partial charge in [0.1, 0.15) is 0 Å². The van der Waals surface area contributed by atoms with Gasteiger partial charge < -0.3 is 0 Å². The molecule has 1 aromatic heterocycles. The minimum absolute atomic E-state index is 0.113. The Bertz CT molecular complexity index is 1040. The van der Waals surface area contributed by atoms with E-state index in [1.807, 2.05) is 38.1 Å². The summed E-state index contributed by atoms with van der Waals surface area (Å²) < 4.78 is 27.1. The highest BCUT2D eigenvalue weighted by molar-refractivity contribution is 7.94. The lowest BCUT2D eigenvalue weighted by molar-refractivity contribution is 0.102. The molecule has 0 unspecified atom stereocenters. The first-order chi connectivity index (χ1) is 12.9. The lowest BCUT2D eigenvalue weighted by Crippen LogP contribution is -2.12. The van der Waals surface area contributed by atoms with Gasteiger partial charge in [0.25, 0.3) is 20.3 Å². The molecule has 3 rings (SSSR count). The van der Waals surface area contributed by atoms with E-state index in [0.29, 0.717) is 11.3 Å². The second-order valence-corrected chi connectivity index (χ2v) is 8.68. The van der Waals surface area contributed by atoms with Gasteiger partial charge in [-0.2, -0.15) is 8.42 Å². The molecular weight excluding hydrogens is 384 g/mol. The molecule has 0 aliphatic rings. The number of aryl methyl sites for hydroxylation is 2. The summed E-state index contributed by atoms with van der Waals surface area (Å²) in [6.45, 7) is 3.94. The molecule has 0 atom stereocenters. The Balaban J connectivity index is 1.71. The average Bonchev–Trinajstić information content (AvgIpc) is 3.12. The molecule has 2 N–H and O–H groups in total. The van der Waals surface area contributed by atoms with Crippen molar-refractivity contribution in [2.45, 2.75) is 24.6 Å². The Labute approximate surface area is 161 Å². The van der Waals surface area contributed by atoms with Gasteiger partial charge in [0, 0.05) is 11.3 Å². The largest absolute Gasteiger partial charge is 0.296 e. The fourth-order valence-corrected chi connectivity index (χ4v) is 4.21. The van der Waals surface area contributed by atoms with Crippen LogP contribution in [0.25, 0.3) is 0 Å². The number of carbonyl (C=O) groups is 1. The number of hydrogen-bond donors (Lipinski definition) is 2. The molecule has 0 aliphatic heterocycles. The van der Waals surface area contributed by atoms with Gasteiger partial charge in [-0.05, 0) is 43.2 Å². The van der Waals surface area contributed by atoms with Crippen molar-refractivity contribution >= 4 is 38.1 Å². The van der Waals surface area contributed by atoms with Gasteiger partial charge in [0.15, 0.2) is 0 Å². The monoisotopic (exact) mass is 402 g/mol. The molecule has 0 spiro atoms. The van der Waals surface area contributed by atoms with Crippen LogP contribution in [-0.4, -0.2) is 24.5 Å². The number of nitrogens with one attached hydrogen (secondary N) is 2. The van der Waals surface area contributed by atoms with Crippen LogP contribution in [0.2, 0.25) is 0 Å². The quantitative estimate of drug-likeness (QED) is 0.615. The van der Waals surface area contributed by atoms with Gasteiger partial charge in [-0.3, -0.25) is 14.8 Å². The zero-order chi connectivity index (χ0) is 19.4. The predicted octanol–water partition coefficient (Wildman–Crippen LogP) is 3.46. The molecule has 27 heavy (non-hydrogen) atoms. The van der Waals surface area contributed by atoms with Crippen molar-refractivity contribution in [3.8, 4) is 0 Å². The Kier molecular flexibility index (Phi) is 5.52. The molecular formula is C18H18N4O3S2. The van der Waals surface area contributed by atoms with Crippen molar-refractivity contribution in [1.29, 1.82) is 0 Å². The van der Waals surface area contributed by atoms with E-state index in [1.165, 1.54) is 0 Å². The van der Waals surface area contributed by atoms with E-state index in [0.717, 1.165) is 28.9 Å². The van der Waals surface area contributed by atoms with Gasteiger partial charge in [0.05, 0.1) is 0 Å². The number of carbonyl (C=O) groups excluding carboxylic acids is 1. The maximum Gasteiger partial charge on any atom is 0.291 e. The highest BCUT2D eigenvalue weighted by atomic mass is 32.2. The molecule has 0 bridgehead atoms. The van der Waals surface area contributed by atoms with E-state index < -0.39 is 10.0 Å². The topological polar surface area (TPSA) is 101 Å². The Hall–Kier alpha value is -2.78. The van der Waals surface area contributed by atoms with Gasteiger partial charge in [-0.15, -0.1) is 10.2 Å². The number of anilines is 2. The lowest BCUT2D eigenvalue weighted by atomic mass is 10.1. The minimum Gasteiger partial charge on any atom is -0.296 e. The third-order valence-corrected chi connectivity index (χ3v) is 6.37. The first kappa shape index (κ1) is 19.0. The molecule has 0 fully saturated rings. The summed E-state index contributed by atoms with van der Waals surface area (Å²) in [5.74, 6) is -0.377. The maximum atomic E-state index is 12.4. The number of benzene rings is 2. The van der Waals surface area contributed by atoms with Crippen LogP contribution >= 0.6 is 11.3 Å². The van der Waals surface area contributed by atoms with Crippen LogP contribution < -0.4 is 10.0 Å². The van der Waals surface area contributed by atoms with E-state index in [-0.39, 0.29) is 15.4 Å². The van der Waals surface area contributed by atoms with Gasteiger partial charge in [-0.25, -0.2) is 0 Å². The second kappa shape index (κ2) is 7.85. The number of sulfonamides is 1. The van der Waals surface area contributed by atoms with E-state index >= 15 is 0 Å². The molecule has 3 aromatic rings. The standard InChI is InChI=1S/C18H18N4O3S2/c1-3-13-6-10-15(11-7-13)22-27(24,25)18-21-20-17(26-18)19-16(23)14-8-4-12(2)5-9-14/h4-11,22H,3H2,1-2H3,(H,19,20,23). The van der Waals surface area contributed by atoms with Crippen molar-refractivity contribution in [2.24, 2.45) is 0 Å². The number of hydrogen-bond acceptors (Lipinski definition) is 6. The fourth-order valence-electron chi connectivity index (χ4n) is 2.25. The number of aromatic nitrogens is 2. The van der Waals surface area contributed by atoms with Gasteiger partial charge in [-0.1, -0.05) is 48.1 Å². The van der Waals surface area contributed by atoms with Crippen molar-refractivity contribution < 1.29 is 13.2 Å². The molecule has 7 nitrogen and oxygen atoms in total. The zero-order valence-electron chi connectivity index (χ0n) is 14.8. The van der Waals surface area contributed by atoms with Crippen LogP contribution in [0.15, 0.2) is 52.9 Å². The molecule has 0 aliphatic carbocycles. The number of amides is 1. The van der Waals surface area contributed by atoms with E-state index in [9.17, 15) is 13.2 Å². The molecule has 0 saturated heterocycles. The molecule has 1 heterocycles. The summed E-state index contributed by atoms with van der Waals surface area (Å²) in [6.07, 6.45) is 0.869. The minimum atomic E-state index is -3.87.